The van der Waals surface area contributed by atoms with Crippen molar-refractivity contribution in [3.63, 3.8) is 0 Å². The quantitative estimate of drug-likeness (QED) is 0.502. The van der Waals surface area contributed by atoms with Gasteiger partial charge in [0.25, 0.3) is 5.91 Å². The molecule has 2 aromatic rings. The maximum absolute atomic E-state index is 11.9. The smallest absolute Gasteiger partial charge is 0.271 e. The first kappa shape index (κ1) is 15.4. The lowest BCUT2D eigenvalue weighted by Gasteiger charge is -2.07. The summed E-state index contributed by atoms with van der Waals surface area (Å²) in [6, 6.07) is 12.0. The Morgan fingerprint density at radius 3 is 2.59 bits per heavy atom. The number of carbonyl (C=O) groups is 1. The normalized spacial score (nSPS) is 10.5. The molecule has 0 saturated heterocycles. The van der Waals surface area contributed by atoms with Crippen molar-refractivity contribution in [2.75, 3.05) is 20.0 Å². The minimum atomic E-state index is -0.330. The third-order valence-electron chi connectivity index (χ3n) is 2.94. The first-order valence-electron chi connectivity index (χ1n) is 6.55. The molecule has 2 aromatic carbocycles. The molecule has 0 atom stereocenters. The van der Waals surface area contributed by atoms with Crippen LogP contribution in [0, 0.1) is 0 Å². The summed E-state index contributed by atoms with van der Waals surface area (Å²) in [5, 5.41) is 3.92. The molecule has 2 rings (SSSR count). The summed E-state index contributed by atoms with van der Waals surface area (Å²) in [5.74, 6) is 0.890. The van der Waals surface area contributed by atoms with Crippen LogP contribution in [-0.4, -0.2) is 26.3 Å². The van der Waals surface area contributed by atoms with Gasteiger partial charge in [0.15, 0.2) is 11.5 Å². The Kier molecular flexibility index (Phi) is 4.98. The average Bonchev–Trinajstić information content (AvgIpc) is 2.54. The van der Waals surface area contributed by atoms with Gasteiger partial charge in [-0.05, 0) is 42.0 Å². The molecule has 114 valence electrons. The van der Waals surface area contributed by atoms with Gasteiger partial charge in [0.2, 0.25) is 0 Å². The van der Waals surface area contributed by atoms with Crippen LogP contribution in [0.5, 0.6) is 11.5 Å². The van der Waals surface area contributed by atoms with Gasteiger partial charge in [0.1, 0.15) is 0 Å². The highest BCUT2D eigenvalue weighted by Gasteiger charge is 2.05. The van der Waals surface area contributed by atoms with E-state index in [9.17, 15) is 4.79 Å². The topological polar surface area (TPSA) is 85.9 Å². The van der Waals surface area contributed by atoms with E-state index >= 15 is 0 Å². The van der Waals surface area contributed by atoms with Crippen molar-refractivity contribution >= 4 is 17.8 Å². The van der Waals surface area contributed by atoms with Crippen LogP contribution in [0.4, 0.5) is 5.69 Å². The first-order chi connectivity index (χ1) is 10.6. The summed E-state index contributed by atoms with van der Waals surface area (Å²) in [7, 11) is 3.12. The second-order valence-corrected chi connectivity index (χ2v) is 4.44. The number of amides is 1. The molecule has 1 amide bonds. The van der Waals surface area contributed by atoms with Crippen LogP contribution >= 0.6 is 0 Å². The number of hydrazone groups is 1. The largest absolute Gasteiger partial charge is 0.493 e. The van der Waals surface area contributed by atoms with Crippen molar-refractivity contribution in [3.05, 3.63) is 53.6 Å². The Hall–Kier alpha value is -3.02. The highest BCUT2D eigenvalue weighted by atomic mass is 16.5. The lowest BCUT2D eigenvalue weighted by Crippen LogP contribution is -2.17. The number of hydrogen-bond acceptors (Lipinski definition) is 5. The zero-order valence-corrected chi connectivity index (χ0v) is 12.4. The lowest BCUT2D eigenvalue weighted by molar-refractivity contribution is 0.0955. The molecule has 0 fully saturated rings. The minimum absolute atomic E-state index is 0.330. The van der Waals surface area contributed by atoms with Crippen molar-refractivity contribution in [2.45, 2.75) is 0 Å². The molecule has 0 aliphatic heterocycles. The van der Waals surface area contributed by atoms with Gasteiger partial charge in [-0.2, -0.15) is 5.10 Å². The van der Waals surface area contributed by atoms with E-state index in [1.165, 1.54) is 6.21 Å². The number of ether oxygens (including phenoxy) is 2. The molecule has 6 heteroatoms. The van der Waals surface area contributed by atoms with Crippen LogP contribution in [-0.2, 0) is 0 Å². The molecule has 0 spiro atoms. The fourth-order valence-electron chi connectivity index (χ4n) is 1.84. The number of hydrogen-bond donors (Lipinski definition) is 2. The number of nitrogen functional groups attached to an aromatic ring is 1. The predicted octanol–water partition coefficient (Wildman–Crippen LogP) is 2.05. The zero-order valence-electron chi connectivity index (χ0n) is 12.4. The Labute approximate surface area is 128 Å². The highest BCUT2D eigenvalue weighted by molar-refractivity contribution is 5.95. The molecule has 0 bridgehead atoms. The second-order valence-electron chi connectivity index (χ2n) is 4.44. The molecule has 6 nitrogen and oxygen atoms in total. The molecular weight excluding hydrogens is 282 g/mol. The minimum Gasteiger partial charge on any atom is -0.493 e. The first-order valence-corrected chi connectivity index (χ1v) is 6.55. The van der Waals surface area contributed by atoms with Crippen LogP contribution in [0.2, 0.25) is 0 Å². The van der Waals surface area contributed by atoms with Gasteiger partial charge in [0.05, 0.1) is 20.4 Å². The van der Waals surface area contributed by atoms with Crippen molar-refractivity contribution in [1.82, 2.24) is 5.43 Å². The molecule has 0 unspecified atom stereocenters. The van der Waals surface area contributed by atoms with Crippen LogP contribution < -0.4 is 20.6 Å². The maximum Gasteiger partial charge on any atom is 0.271 e. The molecule has 0 aliphatic rings. The predicted molar refractivity (Wildman–Crippen MR) is 85.5 cm³/mol. The number of nitrogens with zero attached hydrogens (tertiary/aromatic N) is 1. The van der Waals surface area contributed by atoms with Crippen LogP contribution in [0.1, 0.15) is 15.9 Å². The summed E-state index contributed by atoms with van der Waals surface area (Å²) in [6.45, 7) is 0. The number of nitrogens with two attached hydrogens (primary N) is 1. The monoisotopic (exact) mass is 299 g/mol. The Balaban J connectivity index is 2.05. The van der Waals surface area contributed by atoms with E-state index in [2.05, 4.69) is 10.5 Å². The van der Waals surface area contributed by atoms with Gasteiger partial charge in [-0.15, -0.1) is 0 Å². The molecule has 0 aliphatic carbocycles. The maximum atomic E-state index is 11.9. The molecule has 0 radical (unpaired) electrons. The SMILES string of the molecule is COc1ccc(/C=N\NC(=O)c2cccc(N)c2)cc1OC. The Morgan fingerprint density at radius 2 is 1.91 bits per heavy atom. The van der Waals surface area contributed by atoms with Gasteiger partial charge >= 0.3 is 0 Å². The summed E-state index contributed by atoms with van der Waals surface area (Å²) in [6.07, 6.45) is 1.52. The summed E-state index contributed by atoms with van der Waals surface area (Å²) < 4.78 is 10.4. The highest BCUT2D eigenvalue weighted by Crippen LogP contribution is 2.26. The van der Waals surface area contributed by atoms with Crippen molar-refractivity contribution < 1.29 is 14.3 Å². The van der Waals surface area contributed by atoms with Crippen LogP contribution in [0.15, 0.2) is 47.6 Å². The lowest BCUT2D eigenvalue weighted by atomic mass is 10.2. The van der Waals surface area contributed by atoms with Gasteiger partial charge in [-0.25, -0.2) is 5.43 Å². The van der Waals surface area contributed by atoms with Gasteiger partial charge in [0, 0.05) is 11.3 Å². The summed E-state index contributed by atoms with van der Waals surface area (Å²) in [5.41, 5.74) is 9.82. The number of carbonyl (C=O) groups excluding carboxylic acids is 1. The number of methoxy groups -OCH3 is 2. The molecule has 3 N–H and O–H groups in total. The fourth-order valence-corrected chi connectivity index (χ4v) is 1.84. The van der Waals surface area contributed by atoms with Gasteiger partial charge < -0.3 is 15.2 Å². The standard InChI is InChI=1S/C16H17N3O3/c1-21-14-7-6-11(8-15(14)22-2)10-18-19-16(20)12-4-3-5-13(17)9-12/h3-10H,17H2,1-2H3,(H,19,20)/b18-10-. The van der Waals surface area contributed by atoms with Crippen molar-refractivity contribution in [1.29, 1.82) is 0 Å². The number of rotatable bonds is 5. The summed E-state index contributed by atoms with van der Waals surface area (Å²) in [4.78, 5) is 11.9. The van der Waals surface area contributed by atoms with Crippen molar-refractivity contribution in [2.24, 2.45) is 5.10 Å². The summed E-state index contributed by atoms with van der Waals surface area (Å²) >= 11 is 0. The second kappa shape index (κ2) is 7.12. The third kappa shape index (κ3) is 3.76. The van der Waals surface area contributed by atoms with E-state index in [-0.39, 0.29) is 5.91 Å². The number of benzene rings is 2. The zero-order chi connectivity index (χ0) is 15.9. The van der Waals surface area contributed by atoms with E-state index in [0.717, 1.165) is 5.56 Å². The van der Waals surface area contributed by atoms with E-state index in [1.807, 2.05) is 0 Å². The Morgan fingerprint density at radius 1 is 1.14 bits per heavy atom. The van der Waals surface area contributed by atoms with Crippen LogP contribution in [0.3, 0.4) is 0 Å². The van der Waals surface area contributed by atoms with E-state index < -0.39 is 0 Å². The molecular formula is C16H17N3O3. The fraction of sp³-hybridized carbons (Fsp3) is 0.125. The molecule has 0 saturated carbocycles. The average molecular weight is 299 g/mol. The number of anilines is 1. The number of nitrogens with one attached hydrogen (secondary N) is 1. The molecule has 0 heterocycles. The Bertz CT molecular complexity index is 699. The van der Waals surface area contributed by atoms with E-state index in [4.69, 9.17) is 15.2 Å². The molecule has 22 heavy (non-hydrogen) atoms. The van der Waals surface area contributed by atoms with E-state index in [1.54, 1.807) is 56.7 Å². The third-order valence-corrected chi connectivity index (χ3v) is 2.94. The van der Waals surface area contributed by atoms with Crippen LogP contribution in [0.25, 0.3) is 0 Å². The van der Waals surface area contributed by atoms with Gasteiger partial charge in [-0.1, -0.05) is 6.07 Å². The van der Waals surface area contributed by atoms with Crippen molar-refractivity contribution in [3.8, 4) is 11.5 Å². The van der Waals surface area contributed by atoms with E-state index in [0.29, 0.717) is 22.7 Å². The molecule has 0 aromatic heterocycles. The van der Waals surface area contributed by atoms with Gasteiger partial charge in [-0.3, -0.25) is 4.79 Å².